The van der Waals surface area contributed by atoms with Gasteiger partial charge < -0.3 is 5.32 Å². The molecule has 0 spiro atoms. The van der Waals surface area contributed by atoms with Crippen molar-refractivity contribution >= 4 is 21.6 Å². The Balaban J connectivity index is 1.81. The van der Waals surface area contributed by atoms with Crippen LogP contribution in [0, 0.1) is 23.2 Å². The van der Waals surface area contributed by atoms with E-state index in [1.807, 2.05) is 6.20 Å². The third-order valence-corrected chi connectivity index (χ3v) is 8.20. The van der Waals surface area contributed by atoms with Crippen LogP contribution in [0.4, 0.5) is 5.69 Å². The number of nitrogens with one attached hydrogen (secondary N) is 1. The van der Waals surface area contributed by atoms with E-state index in [2.05, 4.69) is 61.0 Å². The summed E-state index contributed by atoms with van der Waals surface area (Å²) in [6.45, 7) is 11.8. The second-order valence-corrected chi connectivity index (χ2v) is 9.71. The summed E-state index contributed by atoms with van der Waals surface area (Å²) in [6, 6.07) is 0.644. The van der Waals surface area contributed by atoms with Gasteiger partial charge in [-0.25, -0.2) is 4.68 Å². The summed E-state index contributed by atoms with van der Waals surface area (Å²) < 4.78 is 2.31. The first-order valence-corrected chi connectivity index (χ1v) is 10.6. The largest absolute Gasteiger partial charge is 0.380 e. The van der Waals surface area contributed by atoms with E-state index in [0.29, 0.717) is 33.7 Å². The van der Waals surface area contributed by atoms with Crippen LogP contribution in [0.25, 0.3) is 0 Å². The fourth-order valence-electron chi connectivity index (χ4n) is 4.72. The van der Waals surface area contributed by atoms with Crippen molar-refractivity contribution in [3.05, 3.63) is 21.0 Å². The Morgan fingerprint density at radius 2 is 1.88 bits per heavy atom. The number of aromatic nitrogens is 2. The van der Waals surface area contributed by atoms with Gasteiger partial charge in [0.15, 0.2) is 0 Å². The summed E-state index contributed by atoms with van der Waals surface area (Å²) in [5, 5.41) is 8.12. The summed E-state index contributed by atoms with van der Waals surface area (Å²) in [5.74, 6) is 1.82. The number of anilines is 1. The molecule has 1 N–H and O–H groups in total. The molecule has 1 aromatic rings. The second-order valence-electron chi connectivity index (χ2n) is 8.92. The Kier molecular flexibility index (Phi) is 5.34. The number of hydrogen-bond acceptors (Lipinski definition) is 3. The molecule has 1 aromatic heterocycles. The molecule has 5 heteroatoms. The molecule has 2 aliphatic carbocycles. The standard InChI is InChI=1S/C20H32BrN3O/c1-12-10-16(13(2)14(3)20(12,4)5)23-17-11-22-24(19(25)18(17)21)15-8-6-7-9-15/h11-16,23H,6-10H2,1-5H3/t12-,13+,14+,16+/m0/s1. The van der Waals surface area contributed by atoms with Gasteiger partial charge in [0.05, 0.1) is 17.9 Å². The van der Waals surface area contributed by atoms with Crippen LogP contribution < -0.4 is 10.9 Å². The Hall–Kier alpha value is -0.840. The summed E-state index contributed by atoms with van der Waals surface area (Å²) in [5.41, 5.74) is 1.19. The first-order valence-electron chi connectivity index (χ1n) is 9.77. The average molecular weight is 410 g/mol. The number of nitrogens with zero attached hydrogens (tertiary/aromatic N) is 2. The fourth-order valence-corrected chi connectivity index (χ4v) is 5.12. The Morgan fingerprint density at radius 1 is 1.24 bits per heavy atom. The molecule has 3 rings (SSSR count). The third kappa shape index (κ3) is 3.41. The van der Waals surface area contributed by atoms with E-state index < -0.39 is 0 Å². The molecular formula is C20H32BrN3O. The molecule has 0 bridgehead atoms. The molecule has 0 amide bonds. The van der Waals surface area contributed by atoms with E-state index in [1.165, 1.54) is 12.8 Å². The Morgan fingerprint density at radius 3 is 2.52 bits per heavy atom. The van der Waals surface area contributed by atoms with Crippen molar-refractivity contribution in [1.29, 1.82) is 0 Å². The van der Waals surface area contributed by atoms with E-state index in [0.717, 1.165) is 24.9 Å². The highest BCUT2D eigenvalue weighted by Gasteiger charge is 2.43. The lowest BCUT2D eigenvalue weighted by molar-refractivity contribution is 0.0316. The van der Waals surface area contributed by atoms with Crippen LogP contribution in [0.3, 0.4) is 0 Å². The predicted octanol–water partition coefficient (Wildman–Crippen LogP) is 5.24. The van der Waals surface area contributed by atoms with Crippen LogP contribution in [0.15, 0.2) is 15.5 Å². The van der Waals surface area contributed by atoms with E-state index in [1.54, 1.807) is 4.68 Å². The minimum atomic E-state index is 0.00166. The van der Waals surface area contributed by atoms with Gasteiger partial charge in [-0.15, -0.1) is 0 Å². The maximum atomic E-state index is 12.7. The van der Waals surface area contributed by atoms with Gasteiger partial charge in [-0.1, -0.05) is 47.5 Å². The Bertz CT molecular complexity index is 678. The van der Waals surface area contributed by atoms with Gasteiger partial charge in [-0.2, -0.15) is 5.10 Å². The number of halogens is 1. The Labute approximate surface area is 159 Å². The lowest BCUT2D eigenvalue weighted by Crippen LogP contribution is -2.48. The van der Waals surface area contributed by atoms with Crippen LogP contribution in [0.5, 0.6) is 0 Å². The van der Waals surface area contributed by atoms with Gasteiger partial charge in [-0.3, -0.25) is 4.79 Å². The van der Waals surface area contributed by atoms with Gasteiger partial charge >= 0.3 is 0 Å². The predicted molar refractivity (Wildman–Crippen MR) is 107 cm³/mol. The zero-order valence-electron chi connectivity index (χ0n) is 16.2. The van der Waals surface area contributed by atoms with Gasteiger partial charge in [0.25, 0.3) is 5.56 Å². The molecule has 0 unspecified atom stereocenters. The molecule has 2 saturated carbocycles. The van der Waals surface area contributed by atoms with Crippen molar-refractivity contribution in [2.75, 3.05) is 5.32 Å². The molecular weight excluding hydrogens is 378 g/mol. The maximum Gasteiger partial charge on any atom is 0.283 e. The highest BCUT2D eigenvalue weighted by atomic mass is 79.9. The highest BCUT2D eigenvalue weighted by molar-refractivity contribution is 9.10. The fraction of sp³-hybridized carbons (Fsp3) is 0.800. The van der Waals surface area contributed by atoms with Gasteiger partial charge in [0.2, 0.25) is 0 Å². The van der Waals surface area contributed by atoms with E-state index in [-0.39, 0.29) is 11.6 Å². The summed E-state index contributed by atoms with van der Waals surface area (Å²) in [7, 11) is 0. The number of rotatable bonds is 3. The zero-order chi connectivity index (χ0) is 18.4. The van der Waals surface area contributed by atoms with Crippen molar-refractivity contribution in [3.63, 3.8) is 0 Å². The normalized spacial score (nSPS) is 32.7. The summed E-state index contributed by atoms with van der Waals surface area (Å²) in [4.78, 5) is 12.7. The molecule has 25 heavy (non-hydrogen) atoms. The summed E-state index contributed by atoms with van der Waals surface area (Å²) >= 11 is 3.54. The van der Waals surface area contributed by atoms with Crippen molar-refractivity contribution in [2.45, 2.75) is 78.8 Å². The number of hydrogen-bond donors (Lipinski definition) is 1. The third-order valence-electron chi connectivity index (χ3n) is 7.43. The smallest absolute Gasteiger partial charge is 0.283 e. The molecule has 2 fully saturated rings. The first-order chi connectivity index (χ1) is 11.7. The molecule has 4 nitrogen and oxygen atoms in total. The molecule has 2 aliphatic rings. The van der Waals surface area contributed by atoms with E-state index in [9.17, 15) is 4.79 Å². The topological polar surface area (TPSA) is 46.9 Å². The van der Waals surface area contributed by atoms with Crippen LogP contribution >= 0.6 is 15.9 Å². The minimum Gasteiger partial charge on any atom is -0.380 e. The van der Waals surface area contributed by atoms with Gasteiger partial charge in [0, 0.05) is 6.04 Å². The maximum absolute atomic E-state index is 12.7. The quantitative estimate of drug-likeness (QED) is 0.741. The molecule has 140 valence electrons. The van der Waals surface area contributed by atoms with Crippen molar-refractivity contribution in [1.82, 2.24) is 9.78 Å². The average Bonchev–Trinajstić information content (AvgIpc) is 3.09. The molecule has 0 aromatic carbocycles. The lowest BCUT2D eigenvalue weighted by Gasteiger charge is -2.50. The molecule has 0 saturated heterocycles. The molecule has 0 radical (unpaired) electrons. The van der Waals surface area contributed by atoms with E-state index >= 15 is 0 Å². The van der Waals surface area contributed by atoms with Gasteiger partial charge in [0.1, 0.15) is 4.47 Å². The van der Waals surface area contributed by atoms with Crippen LogP contribution in [-0.4, -0.2) is 15.8 Å². The molecule has 0 aliphatic heterocycles. The van der Waals surface area contributed by atoms with Crippen LogP contribution in [-0.2, 0) is 0 Å². The van der Waals surface area contributed by atoms with E-state index in [4.69, 9.17) is 0 Å². The highest BCUT2D eigenvalue weighted by Crippen LogP contribution is 2.48. The monoisotopic (exact) mass is 409 g/mol. The van der Waals surface area contributed by atoms with Crippen LogP contribution in [0.1, 0.15) is 72.8 Å². The molecule has 1 heterocycles. The van der Waals surface area contributed by atoms with Crippen LogP contribution in [0.2, 0.25) is 0 Å². The minimum absolute atomic E-state index is 0.00166. The zero-order valence-corrected chi connectivity index (χ0v) is 17.8. The lowest BCUT2D eigenvalue weighted by atomic mass is 9.58. The van der Waals surface area contributed by atoms with Crippen molar-refractivity contribution in [2.24, 2.45) is 23.2 Å². The van der Waals surface area contributed by atoms with Crippen molar-refractivity contribution < 1.29 is 0 Å². The van der Waals surface area contributed by atoms with Gasteiger partial charge in [-0.05, 0) is 58.4 Å². The first kappa shape index (κ1) is 18.9. The SMILES string of the molecule is C[C@@H]1[C@@H](C)C(C)(C)[C@@H](C)C[C@H]1Nc1cnn(C2CCCC2)c(=O)c1Br. The molecule has 4 atom stereocenters. The second kappa shape index (κ2) is 7.05. The summed E-state index contributed by atoms with van der Waals surface area (Å²) in [6.07, 6.45) is 7.48. The van der Waals surface area contributed by atoms with Crippen molar-refractivity contribution in [3.8, 4) is 0 Å².